The molecule has 0 radical (unpaired) electrons. The van der Waals surface area contributed by atoms with Crippen LogP contribution in [0.15, 0.2) is 30.8 Å². The third-order valence-corrected chi connectivity index (χ3v) is 5.42. The second-order valence-electron chi connectivity index (χ2n) is 7.36. The van der Waals surface area contributed by atoms with E-state index in [-0.39, 0.29) is 41.7 Å². The van der Waals surface area contributed by atoms with Gasteiger partial charge in [0.2, 0.25) is 5.88 Å². The number of benzene rings is 2. The number of aromatic hydroxyl groups is 1. The van der Waals surface area contributed by atoms with Crippen molar-refractivity contribution >= 4 is 16.5 Å². The summed E-state index contributed by atoms with van der Waals surface area (Å²) in [7, 11) is 0. The number of pyridine rings is 1. The van der Waals surface area contributed by atoms with Gasteiger partial charge in [0.1, 0.15) is 23.9 Å². The number of phenolic OH excluding ortho intramolecular Hbond substituents is 1. The fourth-order valence-corrected chi connectivity index (χ4v) is 3.96. The lowest BCUT2D eigenvalue weighted by Crippen LogP contribution is -2.34. The standard InChI is InChI=1S/C23H22F2N2O3/c1-4-16-18(24)6-5-13-7-15(29)8-17(20(13)16)22-21(25)11(2)19-12(3)26-14(9-28)10-30-23(19)27-22/h5-8,14,26,28-29H,3-4,9-10H2,1-2H3/t14-/m1/s1. The molecule has 0 saturated carbocycles. The van der Waals surface area contributed by atoms with Crippen LogP contribution in [0.2, 0.25) is 0 Å². The van der Waals surface area contributed by atoms with Gasteiger partial charge < -0.3 is 20.3 Å². The van der Waals surface area contributed by atoms with E-state index >= 15 is 4.39 Å². The highest BCUT2D eigenvalue weighted by molar-refractivity contribution is 6.00. The number of rotatable bonds is 3. The molecule has 2 aromatic carbocycles. The predicted molar refractivity (Wildman–Crippen MR) is 111 cm³/mol. The second kappa shape index (κ2) is 7.57. The van der Waals surface area contributed by atoms with Crippen LogP contribution in [-0.2, 0) is 6.42 Å². The summed E-state index contributed by atoms with van der Waals surface area (Å²) in [6.07, 6.45) is 0.391. The van der Waals surface area contributed by atoms with Crippen LogP contribution >= 0.6 is 0 Å². The first-order valence-corrected chi connectivity index (χ1v) is 9.69. The Bertz CT molecular complexity index is 1180. The summed E-state index contributed by atoms with van der Waals surface area (Å²) >= 11 is 0. The molecule has 0 bridgehead atoms. The van der Waals surface area contributed by atoms with Crippen molar-refractivity contribution in [1.82, 2.24) is 10.3 Å². The monoisotopic (exact) mass is 412 g/mol. The Kier molecular flexibility index (Phi) is 5.07. The van der Waals surface area contributed by atoms with Gasteiger partial charge in [-0.3, -0.25) is 0 Å². The van der Waals surface area contributed by atoms with Crippen molar-refractivity contribution in [3.63, 3.8) is 0 Å². The minimum Gasteiger partial charge on any atom is -0.508 e. The highest BCUT2D eigenvalue weighted by Crippen LogP contribution is 2.40. The van der Waals surface area contributed by atoms with E-state index < -0.39 is 17.7 Å². The first kappa shape index (κ1) is 20.1. The molecule has 4 rings (SSSR count). The number of nitrogens with zero attached hydrogens (tertiary/aromatic N) is 1. The van der Waals surface area contributed by atoms with Gasteiger partial charge in [0.15, 0.2) is 5.82 Å². The minimum atomic E-state index is -0.610. The number of nitrogens with one attached hydrogen (secondary N) is 1. The van der Waals surface area contributed by atoms with Gasteiger partial charge in [-0.1, -0.05) is 19.6 Å². The van der Waals surface area contributed by atoms with Crippen LogP contribution in [-0.4, -0.2) is 34.5 Å². The Labute approximate surface area is 172 Å². The summed E-state index contributed by atoms with van der Waals surface area (Å²) in [6.45, 7) is 7.26. The third-order valence-electron chi connectivity index (χ3n) is 5.42. The van der Waals surface area contributed by atoms with E-state index in [4.69, 9.17) is 4.74 Å². The number of phenols is 1. The van der Waals surface area contributed by atoms with Gasteiger partial charge in [-0.25, -0.2) is 13.8 Å². The molecule has 7 heteroatoms. The maximum absolute atomic E-state index is 15.5. The van der Waals surface area contributed by atoms with Crippen LogP contribution in [0.5, 0.6) is 11.6 Å². The van der Waals surface area contributed by atoms with Crippen molar-refractivity contribution in [1.29, 1.82) is 0 Å². The number of aliphatic hydroxyl groups excluding tert-OH is 1. The lowest BCUT2D eigenvalue weighted by molar-refractivity contribution is 0.195. The summed E-state index contributed by atoms with van der Waals surface area (Å²) in [5.41, 5.74) is 1.72. The number of hydrogen-bond donors (Lipinski definition) is 3. The molecule has 0 aliphatic carbocycles. The van der Waals surface area contributed by atoms with E-state index in [2.05, 4.69) is 16.9 Å². The zero-order valence-corrected chi connectivity index (χ0v) is 16.7. The van der Waals surface area contributed by atoms with Gasteiger partial charge >= 0.3 is 0 Å². The summed E-state index contributed by atoms with van der Waals surface area (Å²) in [5.74, 6) is -0.917. The van der Waals surface area contributed by atoms with Gasteiger partial charge in [0.05, 0.1) is 18.2 Å². The number of halogens is 2. The molecule has 1 aliphatic heterocycles. The zero-order chi connectivity index (χ0) is 21.6. The first-order chi connectivity index (χ1) is 14.3. The second-order valence-corrected chi connectivity index (χ2v) is 7.36. The lowest BCUT2D eigenvalue weighted by atomic mass is 9.93. The molecular weight excluding hydrogens is 390 g/mol. The van der Waals surface area contributed by atoms with Crippen molar-refractivity contribution < 1.29 is 23.7 Å². The number of hydrogen-bond acceptors (Lipinski definition) is 5. The van der Waals surface area contributed by atoms with Crippen molar-refractivity contribution in [3.8, 4) is 22.9 Å². The van der Waals surface area contributed by atoms with Crippen molar-refractivity contribution in [2.75, 3.05) is 13.2 Å². The highest BCUT2D eigenvalue weighted by Gasteiger charge is 2.27. The molecule has 0 saturated heterocycles. The first-order valence-electron chi connectivity index (χ1n) is 9.69. The predicted octanol–water partition coefficient (Wildman–Crippen LogP) is 4.07. The number of ether oxygens (including phenoxy) is 1. The van der Waals surface area contributed by atoms with E-state index in [1.165, 1.54) is 18.2 Å². The summed E-state index contributed by atoms with van der Waals surface area (Å²) < 4.78 is 35.8. The third kappa shape index (κ3) is 3.15. The highest BCUT2D eigenvalue weighted by atomic mass is 19.1. The van der Waals surface area contributed by atoms with Gasteiger partial charge in [-0.15, -0.1) is 0 Å². The molecule has 5 nitrogen and oxygen atoms in total. The molecule has 156 valence electrons. The topological polar surface area (TPSA) is 74.6 Å². The normalized spacial score (nSPS) is 16.0. The molecule has 0 spiro atoms. The summed E-state index contributed by atoms with van der Waals surface area (Å²) in [6, 6.07) is 5.39. The van der Waals surface area contributed by atoms with E-state index in [1.54, 1.807) is 13.0 Å². The lowest BCUT2D eigenvalue weighted by Gasteiger charge is -2.17. The molecule has 1 aromatic heterocycles. The van der Waals surface area contributed by atoms with E-state index in [0.29, 0.717) is 34.0 Å². The molecule has 2 heterocycles. The summed E-state index contributed by atoms with van der Waals surface area (Å²) in [5, 5.41) is 23.8. The minimum absolute atomic E-state index is 0.0392. The van der Waals surface area contributed by atoms with Gasteiger partial charge in [0, 0.05) is 16.8 Å². The summed E-state index contributed by atoms with van der Waals surface area (Å²) in [4.78, 5) is 4.41. The quantitative estimate of drug-likeness (QED) is 0.605. The van der Waals surface area contributed by atoms with Gasteiger partial charge in [-0.05, 0) is 47.9 Å². The van der Waals surface area contributed by atoms with Gasteiger partial charge in [0.25, 0.3) is 0 Å². The molecule has 3 N–H and O–H groups in total. The Balaban J connectivity index is 2.03. The van der Waals surface area contributed by atoms with Crippen LogP contribution in [0.25, 0.3) is 27.7 Å². The Morgan fingerprint density at radius 1 is 1.30 bits per heavy atom. The maximum Gasteiger partial charge on any atom is 0.223 e. The van der Waals surface area contributed by atoms with Gasteiger partial charge in [-0.2, -0.15) is 0 Å². The number of aliphatic hydroxyl groups is 1. The van der Waals surface area contributed by atoms with E-state index in [9.17, 15) is 14.6 Å². The van der Waals surface area contributed by atoms with Crippen LogP contribution in [0.3, 0.4) is 0 Å². The Morgan fingerprint density at radius 2 is 2.07 bits per heavy atom. The smallest absolute Gasteiger partial charge is 0.223 e. The molecule has 1 atom stereocenters. The van der Waals surface area contributed by atoms with Crippen LogP contribution < -0.4 is 10.1 Å². The van der Waals surface area contributed by atoms with Crippen LogP contribution in [0.4, 0.5) is 8.78 Å². The van der Waals surface area contributed by atoms with Crippen LogP contribution in [0, 0.1) is 18.6 Å². The average Bonchev–Trinajstić information content (AvgIpc) is 2.88. The van der Waals surface area contributed by atoms with Crippen molar-refractivity contribution in [2.45, 2.75) is 26.3 Å². The molecule has 0 amide bonds. The SMILES string of the molecule is C=C1N[C@H](CO)COc2nc(-c3cc(O)cc4ccc(F)c(CC)c34)c(F)c(C)c21. The Morgan fingerprint density at radius 3 is 2.77 bits per heavy atom. The number of aromatic nitrogens is 1. The Hall–Kier alpha value is -3.19. The zero-order valence-electron chi connectivity index (χ0n) is 16.7. The van der Waals surface area contributed by atoms with Crippen molar-refractivity contribution in [2.24, 2.45) is 0 Å². The molecule has 3 aromatic rings. The van der Waals surface area contributed by atoms with Crippen LogP contribution in [0.1, 0.15) is 23.6 Å². The van der Waals surface area contributed by atoms with Crippen molar-refractivity contribution in [3.05, 3.63) is 59.2 Å². The molecule has 0 unspecified atom stereocenters. The molecule has 30 heavy (non-hydrogen) atoms. The molecule has 1 aliphatic rings. The molecule has 0 fully saturated rings. The fraction of sp³-hybridized carbons (Fsp3) is 0.261. The van der Waals surface area contributed by atoms with E-state index in [1.807, 2.05) is 6.92 Å². The fourth-order valence-electron chi connectivity index (χ4n) is 3.96. The van der Waals surface area contributed by atoms with E-state index in [0.717, 1.165) is 0 Å². The number of aryl methyl sites for hydroxylation is 1. The maximum atomic E-state index is 15.5. The average molecular weight is 412 g/mol. The number of fused-ring (bicyclic) bond motifs is 2. The largest absolute Gasteiger partial charge is 0.508 e. The molecular formula is C23H22F2N2O3.